The zero-order valence-corrected chi connectivity index (χ0v) is 8.67. The van der Waals surface area contributed by atoms with E-state index in [4.69, 9.17) is 15.2 Å². The highest BCUT2D eigenvalue weighted by molar-refractivity contribution is 5.54. The Bertz CT molecular complexity index is 429. The molecule has 0 unspecified atom stereocenters. The Hall–Kier alpha value is -1.66. The number of ether oxygens (including phenoxy) is 2. The van der Waals surface area contributed by atoms with Crippen LogP contribution >= 0.6 is 0 Å². The van der Waals surface area contributed by atoms with Crippen LogP contribution in [0.4, 0.5) is 0 Å². The molecule has 0 saturated heterocycles. The Balaban J connectivity index is 2.45. The van der Waals surface area contributed by atoms with Crippen LogP contribution in [0.5, 0.6) is 11.5 Å². The van der Waals surface area contributed by atoms with Gasteiger partial charge in [0.15, 0.2) is 11.5 Å². The molecule has 78 valence electrons. The fourth-order valence-corrected chi connectivity index (χ4v) is 1.60. The normalized spacial score (nSPS) is 12.1. The number of hydrogen-bond donors (Lipinski definition) is 1. The van der Waals surface area contributed by atoms with Gasteiger partial charge in [-0.3, -0.25) is 0 Å². The molecule has 3 heteroatoms. The van der Waals surface area contributed by atoms with E-state index in [-0.39, 0.29) is 0 Å². The predicted molar refractivity (Wildman–Crippen MR) is 57.9 cm³/mol. The van der Waals surface area contributed by atoms with Gasteiger partial charge in [-0.15, -0.1) is 5.92 Å². The molecule has 0 fully saturated rings. The van der Waals surface area contributed by atoms with Crippen molar-refractivity contribution in [2.45, 2.75) is 13.3 Å². The molecule has 15 heavy (non-hydrogen) atoms. The zero-order valence-electron chi connectivity index (χ0n) is 8.67. The van der Waals surface area contributed by atoms with E-state index in [0.717, 1.165) is 29.0 Å². The fourth-order valence-electron chi connectivity index (χ4n) is 1.60. The molecule has 0 bridgehead atoms. The van der Waals surface area contributed by atoms with Crippen LogP contribution in [0.2, 0.25) is 0 Å². The monoisotopic (exact) mass is 203 g/mol. The molecule has 1 aliphatic heterocycles. The van der Waals surface area contributed by atoms with Gasteiger partial charge in [0.05, 0.1) is 0 Å². The molecule has 2 N–H and O–H groups in total. The van der Waals surface area contributed by atoms with Crippen LogP contribution in [0, 0.1) is 11.8 Å². The number of hydrogen-bond acceptors (Lipinski definition) is 3. The maximum atomic E-state index is 5.55. The van der Waals surface area contributed by atoms with Crippen molar-refractivity contribution < 1.29 is 9.47 Å². The average molecular weight is 203 g/mol. The Morgan fingerprint density at radius 2 is 2.07 bits per heavy atom. The smallest absolute Gasteiger partial charge is 0.231 e. The molecule has 1 aliphatic rings. The van der Waals surface area contributed by atoms with E-state index in [1.807, 2.05) is 19.1 Å². The van der Waals surface area contributed by atoms with E-state index in [2.05, 4.69) is 11.8 Å². The summed E-state index contributed by atoms with van der Waals surface area (Å²) in [5, 5.41) is 0. The van der Waals surface area contributed by atoms with Crippen molar-refractivity contribution in [1.29, 1.82) is 0 Å². The molecule has 0 amide bonds. The lowest BCUT2D eigenvalue weighted by atomic mass is 10.0. The van der Waals surface area contributed by atoms with Gasteiger partial charge in [0.1, 0.15) is 0 Å². The van der Waals surface area contributed by atoms with Gasteiger partial charge in [0, 0.05) is 11.6 Å². The maximum Gasteiger partial charge on any atom is 0.231 e. The molecular formula is C12H13NO2. The van der Waals surface area contributed by atoms with Crippen molar-refractivity contribution in [3.63, 3.8) is 0 Å². The summed E-state index contributed by atoms with van der Waals surface area (Å²) in [7, 11) is 0. The van der Waals surface area contributed by atoms with Crippen LogP contribution in [0.25, 0.3) is 0 Å². The second-order valence-corrected chi connectivity index (χ2v) is 3.28. The first kappa shape index (κ1) is 9.88. The molecule has 3 nitrogen and oxygen atoms in total. The lowest BCUT2D eigenvalue weighted by Crippen LogP contribution is -2.04. The van der Waals surface area contributed by atoms with E-state index in [1.54, 1.807) is 0 Å². The minimum Gasteiger partial charge on any atom is -0.454 e. The largest absolute Gasteiger partial charge is 0.454 e. The molecular weight excluding hydrogens is 190 g/mol. The first-order valence-corrected chi connectivity index (χ1v) is 4.90. The van der Waals surface area contributed by atoms with Gasteiger partial charge in [-0.2, -0.15) is 0 Å². The second-order valence-electron chi connectivity index (χ2n) is 3.28. The summed E-state index contributed by atoms with van der Waals surface area (Å²) >= 11 is 0. The van der Waals surface area contributed by atoms with E-state index < -0.39 is 0 Å². The van der Waals surface area contributed by atoms with Gasteiger partial charge >= 0.3 is 0 Å². The van der Waals surface area contributed by atoms with Crippen LogP contribution in [-0.2, 0) is 6.42 Å². The Kier molecular flexibility index (Phi) is 2.79. The summed E-state index contributed by atoms with van der Waals surface area (Å²) in [5.41, 5.74) is 7.65. The molecule has 1 aromatic carbocycles. The first-order chi connectivity index (χ1) is 7.35. The fraction of sp³-hybridized carbons (Fsp3) is 0.333. The second kappa shape index (κ2) is 4.24. The van der Waals surface area contributed by atoms with Gasteiger partial charge in [-0.25, -0.2) is 0 Å². The molecule has 1 heterocycles. The van der Waals surface area contributed by atoms with Crippen LogP contribution in [-0.4, -0.2) is 13.3 Å². The van der Waals surface area contributed by atoms with Crippen LogP contribution in [0.1, 0.15) is 18.1 Å². The third-order valence-electron chi connectivity index (χ3n) is 2.27. The minimum absolute atomic E-state index is 0.292. The summed E-state index contributed by atoms with van der Waals surface area (Å²) in [6, 6.07) is 3.89. The van der Waals surface area contributed by atoms with Crippen molar-refractivity contribution in [3.05, 3.63) is 23.3 Å². The van der Waals surface area contributed by atoms with Gasteiger partial charge in [-0.05, 0) is 31.5 Å². The third-order valence-corrected chi connectivity index (χ3v) is 2.27. The van der Waals surface area contributed by atoms with Crippen LogP contribution in [0.3, 0.4) is 0 Å². The molecule has 0 spiro atoms. The zero-order chi connectivity index (χ0) is 10.7. The SMILES string of the molecule is CC#Cc1cc2c(cc1CCN)OCO2. The number of benzene rings is 1. The standard InChI is InChI=1S/C12H13NO2/c1-2-3-9-6-11-12(15-8-14-11)7-10(9)4-5-13/h6-7H,4-5,8,13H2,1H3. The summed E-state index contributed by atoms with van der Waals surface area (Å²) < 4.78 is 10.6. The van der Waals surface area contributed by atoms with Crippen molar-refractivity contribution >= 4 is 0 Å². The predicted octanol–water partition coefficient (Wildman–Crippen LogP) is 1.29. The Labute approximate surface area is 89.2 Å². The van der Waals surface area contributed by atoms with Crippen LogP contribution in [0.15, 0.2) is 12.1 Å². The Morgan fingerprint density at radius 3 is 2.73 bits per heavy atom. The highest BCUT2D eigenvalue weighted by Gasteiger charge is 2.15. The topological polar surface area (TPSA) is 44.5 Å². The Morgan fingerprint density at radius 1 is 1.33 bits per heavy atom. The van der Waals surface area contributed by atoms with E-state index in [9.17, 15) is 0 Å². The molecule has 0 atom stereocenters. The number of fused-ring (bicyclic) bond motifs is 1. The lowest BCUT2D eigenvalue weighted by molar-refractivity contribution is 0.174. The summed E-state index contributed by atoms with van der Waals surface area (Å²) in [5.74, 6) is 7.50. The first-order valence-electron chi connectivity index (χ1n) is 4.90. The third kappa shape index (κ3) is 1.90. The minimum atomic E-state index is 0.292. The average Bonchev–Trinajstić information content (AvgIpc) is 2.66. The van der Waals surface area contributed by atoms with Gasteiger partial charge in [-0.1, -0.05) is 5.92 Å². The van der Waals surface area contributed by atoms with Crippen molar-refractivity contribution in [2.75, 3.05) is 13.3 Å². The molecule has 0 radical (unpaired) electrons. The highest BCUT2D eigenvalue weighted by Crippen LogP contribution is 2.34. The molecule has 0 saturated carbocycles. The van der Waals surface area contributed by atoms with E-state index in [0.29, 0.717) is 13.3 Å². The summed E-state index contributed by atoms with van der Waals surface area (Å²) in [6.07, 6.45) is 0.806. The maximum absolute atomic E-state index is 5.55. The lowest BCUT2D eigenvalue weighted by Gasteiger charge is -2.05. The summed E-state index contributed by atoms with van der Waals surface area (Å²) in [6.45, 7) is 2.72. The molecule has 0 aliphatic carbocycles. The van der Waals surface area contributed by atoms with Gasteiger partial charge in [0.25, 0.3) is 0 Å². The molecule has 2 rings (SSSR count). The molecule has 0 aromatic heterocycles. The molecule has 1 aromatic rings. The van der Waals surface area contributed by atoms with Crippen LogP contribution < -0.4 is 15.2 Å². The van der Waals surface area contributed by atoms with Crippen molar-refractivity contribution in [1.82, 2.24) is 0 Å². The summed E-state index contributed by atoms with van der Waals surface area (Å²) in [4.78, 5) is 0. The van der Waals surface area contributed by atoms with Gasteiger partial charge in [0.2, 0.25) is 6.79 Å². The number of rotatable bonds is 2. The quantitative estimate of drug-likeness (QED) is 0.736. The van der Waals surface area contributed by atoms with Crippen molar-refractivity contribution in [2.24, 2.45) is 5.73 Å². The van der Waals surface area contributed by atoms with E-state index >= 15 is 0 Å². The number of nitrogens with two attached hydrogens (primary N) is 1. The highest BCUT2D eigenvalue weighted by atomic mass is 16.7. The van der Waals surface area contributed by atoms with E-state index in [1.165, 1.54) is 0 Å². The van der Waals surface area contributed by atoms with Gasteiger partial charge < -0.3 is 15.2 Å². The van der Waals surface area contributed by atoms with Crippen molar-refractivity contribution in [3.8, 4) is 23.3 Å².